The first-order valence-corrected chi connectivity index (χ1v) is 10.2. The van der Waals surface area contributed by atoms with E-state index in [1.165, 1.54) is 12.0 Å². The molecule has 4 rings (SSSR count). The summed E-state index contributed by atoms with van der Waals surface area (Å²) in [6.07, 6.45) is 4.92. The van der Waals surface area contributed by atoms with Crippen LogP contribution in [0.4, 0.5) is 0 Å². The number of rotatable bonds is 6. The largest absolute Gasteiger partial charge is 0.370 e. The van der Waals surface area contributed by atoms with Crippen LogP contribution in [0.1, 0.15) is 38.1 Å². The molecular weight excluding hydrogens is 340 g/mol. The fraction of sp³-hybridized carbons (Fsp3) is 0.714. The molecule has 0 unspecified atom stereocenters. The van der Waals surface area contributed by atoms with Gasteiger partial charge in [0.25, 0.3) is 0 Å². The van der Waals surface area contributed by atoms with E-state index in [1.54, 1.807) is 4.68 Å². The number of aryl methyl sites for hydroxylation is 2. The molecule has 1 spiro atoms. The first-order chi connectivity index (χ1) is 12.9. The average molecular weight is 373 g/mol. The molecule has 148 valence electrons. The normalized spacial score (nSPS) is 31.9. The molecule has 3 fully saturated rings. The number of hydrogen-bond donors (Lipinski definition) is 1. The van der Waals surface area contributed by atoms with E-state index in [-0.39, 0.29) is 11.5 Å². The van der Waals surface area contributed by atoms with Crippen molar-refractivity contribution in [3.8, 4) is 0 Å². The van der Waals surface area contributed by atoms with Crippen molar-refractivity contribution >= 4 is 5.91 Å². The molecule has 1 aromatic rings. The van der Waals surface area contributed by atoms with Crippen molar-refractivity contribution in [3.05, 3.63) is 29.1 Å². The summed E-state index contributed by atoms with van der Waals surface area (Å²) in [4.78, 5) is 15.0. The van der Waals surface area contributed by atoms with Crippen molar-refractivity contribution in [1.82, 2.24) is 20.0 Å². The Morgan fingerprint density at radius 1 is 1.44 bits per heavy atom. The third-order valence-electron chi connectivity index (χ3n) is 6.54. The summed E-state index contributed by atoms with van der Waals surface area (Å²) >= 11 is 0. The van der Waals surface area contributed by atoms with Gasteiger partial charge in [0.05, 0.1) is 17.4 Å². The lowest BCUT2D eigenvalue weighted by Crippen LogP contribution is -2.42. The molecule has 1 amide bonds. The minimum atomic E-state index is 0.0330. The molecule has 1 aromatic heterocycles. The molecule has 0 saturated carbocycles. The highest BCUT2D eigenvalue weighted by Crippen LogP contribution is 2.54. The van der Waals surface area contributed by atoms with Gasteiger partial charge < -0.3 is 10.1 Å². The van der Waals surface area contributed by atoms with Gasteiger partial charge in [0.2, 0.25) is 5.91 Å². The zero-order valence-corrected chi connectivity index (χ0v) is 17.0. The van der Waals surface area contributed by atoms with E-state index < -0.39 is 0 Å². The number of carbonyl (C=O) groups is 1. The van der Waals surface area contributed by atoms with Crippen molar-refractivity contribution in [2.45, 2.75) is 58.8 Å². The SMILES string of the molecule is CC(C)=CCN1C[C@@H]2[C@H](CNC(=O)Cn3nc(C)cc3C)[C@H]3CC[C@]2(C1)O3. The van der Waals surface area contributed by atoms with Crippen LogP contribution in [0.2, 0.25) is 0 Å². The number of nitrogens with one attached hydrogen (secondary N) is 1. The monoisotopic (exact) mass is 372 g/mol. The number of aromatic nitrogens is 2. The summed E-state index contributed by atoms with van der Waals surface area (Å²) in [6.45, 7) is 12.4. The Balaban J connectivity index is 1.35. The maximum Gasteiger partial charge on any atom is 0.241 e. The van der Waals surface area contributed by atoms with Gasteiger partial charge in [-0.2, -0.15) is 5.10 Å². The molecule has 1 N–H and O–H groups in total. The minimum Gasteiger partial charge on any atom is -0.370 e. The van der Waals surface area contributed by atoms with Crippen LogP contribution in [0, 0.1) is 25.7 Å². The standard InChI is InChI=1S/C21H32N4O2/c1-14(2)6-8-24-11-18-17(19-5-7-21(18,13-24)27-19)10-22-20(26)12-25-16(4)9-15(3)23-25/h6,9,17-19H,5,7-8,10-13H2,1-4H3,(H,22,26)/t17-,18+,19+,21+/m0/s1. The number of fused-ring (bicyclic) bond motifs is 1. The smallest absolute Gasteiger partial charge is 0.241 e. The van der Waals surface area contributed by atoms with Crippen molar-refractivity contribution in [3.63, 3.8) is 0 Å². The van der Waals surface area contributed by atoms with E-state index >= 15 is 0 Å². The Labute approximate surface area is 161 Å². The summed E-state index contributed by atoms with van der Waals surface area (Å²) < 4.78 is 8.25. The molecule has 6 heteroatoms. The third-order valence-corrected chi connectivity index (χ3v) is 6.54. The summed E-state index contributed by atoms with van der Waals surface area (Å²) in [5.41, 5.74) is 3.37. The number of nitrogens with zero attached hydrogens (tertiary/aromatic N) is 3. The van der Waals surface area contributed by atoms with Gasteiger partial charge in [0.15, 0.2) is 0 Å². The number of carbonyl (C=O) groups excluding carboxylic acids is 1. The second kappa shape index (κ2) is 7.06. The van der Waals surface area contributed by atoms with Gasteiger partial charge >= 0.3 is 0 Å². The van der Waals surface area contributed by atoms with Crippen molar-refractivity contribution < 1.29 is 9.53 Å². The number of hydrogen-bond acceptors (Lipinski definition) is 4. The second-order valence-corrected chi connectivity index (χ2v) is 8.89. The number of allylic oxidation sites excluding steroid dienone is 1. The highest BCUT2D eigenvalue weighted by molar-refractivity contribution is 5.75. The van der Waals surface area contributed by atoms with Crippen LogP contribution >= 0.6 is 0 Å². The fourth-order valence-corrected chi connectivity index (χ4v) is 5.27. The van der Waals surface area contributed by atoms with Crippen LogP contribution in [0.25, 0.3) is 0 Å². The Morgan fingerprint density at radius 3 is 2.96 bits per heavy atom. The van der Waals surface area contributed by atoms with E-state index in [1.807, 2.05) is 19.9 Å². The van der Waals surface area contributed by atoms with Crippen LogP contribution in [-0.2, 0) is 16.1 Å². The third kappa shape index (κ3) is 3.57. The molecule has 6 nitrogen and oxygen atoms in total. The van der Waals surface area contributed by atoms with Crippen molar-refractivity contribution in [2.24, 2.45) is 11.8 Å². The molecule has 2 bridgehead atoms. The predicted octanol–water partition coefficient (Wildman–Crippen LogP) is 2.06. The first-order valence-electron chi connectivity index (χ1n) is 10.2. The van der Waals surface area contributed by atoms with Crippen molar-refractivity contribution in [2.75, 3.05) is 26.2 Å². The first kappa shape index (κ1) is 18.7. The Hall–Kier alpha value is -1.66. The van der Waals surface area contributed by atoms with Gasteiger partial charge in [0.1, 0.15) is 6.54 Å². The van der Waals surface area contributed by atoms with Crippen LogP contribution in [0.3, 0.4) is 0 Å². The molecular formula is C21H32N4O2. The number of amides is 1. The highest BCUT2D eigenvalue weighted by atomic mass is 16.5. The van der Waals surface area contributed by atoms with E-state index in [4.69, 9.17) is 4.74 Å². The Morgan fingerprint density at radius 2 is 2.26 bits per heavy atom. The highest BCUT2D eigenvalue weighted by Gasteiger charge is 2.62. The summed E-state index contributed by atoms with van der Waals surface area (Å²) in [5, 5.41) is 7.54. The quantitative estimate of drug-likeness (QED) is 0.777. The maximum absolute atomic E-state index is 12.4. The maximum atomic E-state index is 12.4. The predicted molar refractivity (Wildman–Crippen MR) is 104 cm³/mol. The Bertz CT molecular complexity index is 751. The molecule has 0 aromatic carbocycles. The van der Waals surface area contributed by atoms with Gasteiger partial charge in [0, 0.05) is 43.7 Å². The second-order valence-electron chi connectivity index (χ2n) is 8.89. The summed E-state index contributed by atoms with van der Waals surface area (Å²) in [6, 6.07) is 2.00. The van der Waals surface area contributed by atoms with Gasteiger partial charge in [-0.15, -0.1) is 0 Å². The molecule has 3 aliphatic rings. The van der Waals surface area contributed by atoms with E-state index in [2.05, 4.69) is 35.2 Å². The van der Waals surface area contributed by atoms with Crippen molar-refractivity contribution in [1.29, 1.82) is 0 Å². The van der Waals surface area contributed by atoms with Gasteiger partial charge in [-0.25, -0.2) is 0 Å². The minimum absolute atomic E-state index is 0.0330. The molecule has 4 heterocycles. The lowest BCUT2D eigenvalue weighted by atomic mass is 9.73. The van der Waals surface area contributed by atoms with E-state index in [0.29, 0.717) is 31.0 Å². The zero-order valence-electron chi connectivity index (χ0n) is 17.0. The molecule has 3 aliphatic heterocycles. The fourth-order valence-electron chi connectivity index (χ4n) is 5.27. The van der Waals surface area contributed by atoms with Crippen LogP contribution in [-0.4, -0.2) is 58.5 Å². The van der Waals surface area contributed by atoms with Gasteiger partial charge in [-0.3, -0.25) is 14.4 Å². The van der Waals surface area contributed by atoms with Gasteiger partial charge in [-0.1, -0.05) is 11.6 Å². The van der Waals surface area contributed by atoms with Crippen LogP contribution < -0.4 is 5.32 Å². The molecule has 3 saturated heterocycles. The number of likely N-dealkylation sites (tertiary alicyclic amines) is 1. The molecule has 0 aliphatic carbocycles. The van der Waals surface area contributed by atoms with Crippen LogP contribution in [0.15, 0.2) is 17.7 Å². The van der Waals surface area contributed by atoms with Gasteiger partial charge in [-0.05, 0) is 46.6 Å². The van der Waals surface area contributed by atoms with E-state index in [0.717, 1.165) is 37.4 Å². The topological polar surface area (TPSA) is 59.4 Å². The molecule has 0 radical (unpaired) electrons. The summed E-state index contributed by atoms with van der Waals surface area (Å²) in [5.74, 6) is 1.01. The van der Waals surface area contributed by atoms with Crippen LogP contribution in [0.5, 0.6) is 0 Å². The number of ether oxygens (including phenoxy) is 1. The Kier molecular flexibility index (Phi) is 4.89. The molecule has 4 atom stereocenters. The van der Waals surface area contributed by atoms with E-state index in [9.17, 15) is 4.79 Å². The zero-order chi connectivity index (χ0) is 19.2. The molecule has 27 heavy (non-hydrogen) atoms. The summed E-state index contributed by atoms with van der Waals surface area (Å²) in [7, 11) is 0. The lowest BCUT2D eigenvalue weighted by Gasteiger charge is -2.29. The lowest BCUT2D eigenvalue weighted by molar-refractivity contribution is -0.122. The average Bonchev–Trinajstić information content (AvgIpc) is 3.31.